The third-order valence-corrected chi connectivity index (χ3v) is 4.93. The number of hydrogen-bond donors (Lipinski definition) is 2. The molecule has 2 N–H and O–H groups in total. The number of aromatic amines is 1. The second kappa shape index (κ2) is 5.81. The van der Waals surface area contributed by atoms with E-state index in [2.05, 4.69) is 21.5 Å². The molecule has 8 heteroatoms. The van der Waals surface area contributed by atoms with Crippen molar-refractivity contribution in [2.75, 3.05) is 7.05 Å². The van der Waals surface area contributed by atoms with Gasteiger partial charge < -0.3 is 5.32 Å². The normalized spacial score (nSPS) is 26.1. The molecule has 20 heavy (non-hydrogen) atoms. The molecule has 0 radical (unpaired) electrons. The van der Waals surface area contributed by atoms with Gasteiger partial charge in [0, 0.05) is 12.3 Å². The molecular weight excluding hydrogens is 278 g/mol. The first-order valence-electron chi connectivity index (χ1n) is 6.44. The maximum Gasteiger partial charge on any atom is 0.339 e. The summed E-state index contributed by atoms with van der Waals surface area (Å²) in [6.07, 6.45) is 3.43. The van der Waals surface area contributed by atoms with Crippen molar-refractivity contribution in [3.05, 3.63) is 20.7 Å². The lowest BCUT2D eigenvalue weighted by Gasteiger charge is -2.35. The molecule has 2 atom stereocenters. The van der Waals surface area contributed by atoms with Crippen LogP contribution in [-0.4, -0.2) is 32.6 Å². The van der Waals surface area contributed by atoms with Gasteiger partial charge in [-0.2, -0.15) is 10.2 Å². The number of hydrogen-bond acceptors (Lipinski definition) is 6. The molecule has 0 aliphatic heterocycles. The molecule has 1 aromatic rings. The maximum atomic E-state index is 11.3. The predicted octanol–water partition coefficient (Wildman–Crippen LogP) is -0.0149. The van der Waals surface area contributed by atoms with Gasteiger partial charge >= 0.3 is 11.1 Å². The summed E-state index contributed by atoms with van der Waals surface area (Å²) in [5.41, 5.74) is -2.00. The summed E-state index contributed by atoms with van der Waals surface area (Å²) in [5.74, 6) is 0. The van der Waals surface area contributed by atoms with Gasteiger partial charge in [-0.15, -0.1) is 0 Å². The van der Waals surface area contributed by atoms with Crippen LogP contribution in [0, 0.1) is 11.3 Å². The van der Waals surface area contributed by atoms with E-state index in [4.69, 9.17) is 0 Å². The van der Waals surface area contributed by atoms with Crippen molar-refractivity contribution in [3.63, 3.8) is 0 Å². The van der Waals surface area contributed by atoms with E-state index in [-0.39, 0.29) is 5.25 Å². The van der Waals surface area contributed by atoms with Crippen LogP contribution in [0.25, 0.3) is 0 Å². The van der Waals surface area contributed by atoms with E-state index >= 15 is 0 Å². The van der Waals surface area contributed by atoms with Crippen molar-refractivity contribution in [2.24, 2.45) is 7.05 Å². The number of nitriles is 1. The highest BCUT2D eigenvalue weighted by atomic mass is 32.2. The molecule has 108 valence electrons. The van der Waals surface area contributed by atoms with E-state index in [9.17, 15) is 14.9 Å². The lowest BCUT2D eigenvalue weighted by molar-refractivity contribution is 0.323. The van der Waals surface area contributed by atoms with Crippen molar-refractivity contribution in [1.29, 1.82) is 5.26 Å². The van der Waals surface area contributed by atoms with Gasteiger partial charge in [-0.1, -0.05) is 11.8 Å². The SMILES string of the molecule is CNC1(C#N)CCCC(Sc2nc(=O)c(=O)[nH]n2C)C1. The monoisotopic (exact) mass is 295 g/mol. The average molecular weight is 295 g/mol. The van der Waals surface area contributed by atoms with Crippen molar-refractivity contribution in [3.8, 4) is 6.07 Å². The zero-order chi connectivity index (χ0) is 14.8. The average Bonchev–Trinajstić information content (AvgIpc) is 2.45. The molecule has 2 rings (SSSR count). The molecule has 0 amide bonds. The molecule has 1 heterocycles. The lowest BCUT2D eigenvalue weighted by atomic mass is 9.83. The number of thioether (sulfide) groups is 1. The summed E-state index contributed by atoms with van der Waals surface area (Å²) >= 11 is 1.44. The smallest absolute Gasteiger partial charge is 0.302 e. The number of aryl methyl sites for hydroxylation is 1. The standard InChI is InChI=1S/C12H17N5O2S/c1-14-12(7-13)5-3-4-8(6-12)20-11-15-9(18)10(19)16-17(11)2/h8,14H,3-6H2,1-2H3,(H,16,19). The summed E-state index contributed by atoms with van der Waals surface area (Å²) in [5, 5.41) is 15.5. The van der Waals surface area contributed by atoms with Crippen molar-refractivity contribution < 1.29 is 0 Å². The van der Waals surface area contributed by atoms with Crippen LogP contribution in [0.5, 0.6) is 0 Å². The van der Waals surface area contributed by atoms with E-state index in [1.165, 1.54) is 16.4 Å². The fourth-order valence-electron chi connectivity index (χ4n) is 2.42. The van der Waals surface area contributed by atoms with Crippen molar-refractivity contribution in [2.45, 2.75) is 41.6 Å². The van der Waals surface area contributed by atoms with E-state index in [0.29, 0.717) is 11.6 Å². The maximum absolute atomic E-state index is 11.3. The summed E-state index contributed by atoms with van der Waals surface area (Å²) in [6, 6.07) is 2.35. The quantitative estimate of drug-likeness (QED) is 0.760. The van der Waals surface area contributed by atoms with Crippen LogP contribution in [0.4, 0.5) is 0 Å². The fraction of sp³-hybridized carbons (Fsp3) is 0.667. The number of H-pyrrole nitrogens is 1. The second-order valence-electron chi connectivity index (χ2n) is 4.98. The van der Waals surface area contributed by atoms with E-state index in [1.54, 1.807) is 14.1 Å². The first kappa shape index (κ1) is 14.8. The van der Waals surface area contributed by atoms with Crippen LogP contribution in [0.1, 0.15) is 25.7 Å². The van der Waals surface area contributed by atoms with E-state index in [1.807, 2.05) is 0 Å². The largest absolute Gasteiger partial charge is 0.339 e. The van der Waals surface area contributed by atoms with Gasteiger partial charge in [0.1, 0.15) is 5.54 Å². The van der Waals surface area contributed by atoms with Crippen LogP contribution in [0.2, 0.25) is 0 Å². The molecule has 1 aromatic heterocycles. The lowest BCUT2D eigenvalue weighted by Crippen LogP contribution is -2.46. The molecule has 7 nitrogen and oxygen atoms in total. The molecule has 0 saturated heterocycles. The van der Waals surface area contributed by atoms with Gasteiger partial charge in [0.05, 0.1) is 6.07 Å². The summed E-state index contributed by atoms with van der Waals surface area (Å²) in [7, 11) is 3.44. The molecule has 0 aromatic carbocycles. The van der Waals surface area contributed by atoms with E-state index < -0.39 is 16.7 Å². The van der Waals surface area contributed by atoms with Crippen LogP contribution in [-0.2, 0) is 7.05 Å². The van der Waals surface area contributed by atoms with Crippen molar-refractivity contribution >= 4 is 11.8 Å². The Kier molecular flexibility index (Phi) is 4.30. The minimum absolute atomic E-state index is 0.194. The zero-order valence-corrected chi connectivity index (χ0v) is 12.3. The molecular formula is C12H17N5O2S. The van der Waals surface area contributed by atoms with Gasteiger partial charge in [0.25, 0.3) is 0 Å². The number of nitrogens with one attached hydrogen (secondary N) is 2. The Morgan fingerprint density at radius 2 is 2.35 bits per heavy atom. The summed E-state index contributed by atoms with van der Waals surface area (Å²) in [6.45, 7) is 0. The Morgan fingerprint density at radius 3 is 3.00 bits per heavy atom. The molecule has 2 unspecified atom stereocenters. The predicted molar refractivity (Wildman–Crippen MR) is 75.6 cm³/mol. The van der Waals surface area contributed by atoms with Crippen LogP contribution >= 0.6 is 11.8 Å². The first-order valence-corrected chi connectivity index (χ1v) is 7.32. The third-order valence-electron chi connectivity index (χ3n) is 3.62. The Balaban J connectivity index is 2.19. The molecule has 1 aliphatic rings. The fourth-order valence-corrected chi connectivity index (χ4v) is 3.71. The van der Waals surface area contributed by atoms with Crippen LogP contribution in [0.3, 0.4) is 0 Å². The zero-order valence-electron chi connectivity index (χ0n) is 11.5. The Bertz CT molecular complexity index is 646. The minimum atomic E-state index is -0.776. The Labute approximate surface area is 120 Å². The highest BCUT2D eigenvalue weighted by Crippen LogP contribution is 2.36. The molecule has 1 fully saturated rings. The van der Waals surface area contributed by atoms with Gasteiger partial charge in [0.15, 0.2) is 5.16 Å². The van der Waals surface area contributed by atoms with Gasteiger partial charge in [-0.3, -0.25) is 19.4 Å². The van der Waals surface area contributed by atoms with Gasteiger partial charge in [-0.05, 0) is 32.7 Å². The number of nitrogens with zero attached hydrogens (tertiary/aromatic N) is 3. The molecule has 0 spiro atoms. The molecule has 0 bridgehead atoms. The second-order valence-corrected chi connectivity index (χ2v) is 6.25. The third kappa shape index (κ3) is 2.94. The summed E-state index contributed by atoms with van der Waals surface area (Å²) < 4.78 is 1.45. The van der Waals surface area contributed by atoms with Gasteiger partial charge in [-0.25, -0.2) is 0 Å². The molecule has 1 aliphatic carbocycles. The van der Waals surface area contributed by atoms with E-state index in [0.717, 1.165) is 19.3 Å². The highest BCUT2D eigenvalue weighted by Gasteiger charge is 2.36. The Morgan fingerprint density at radius 1 is 1.60 bits per heavy atom. The van der Waals surface area contributed by atoms with Crippen LogP contribution < -0.4 is 16.4 Å². The molecule has 1 saturated carbocycles. The number of rotatable bonds is 3. The first-order chi connectivity index (χ1) is 9.49. The van der Waals surface area contributed by atoms with Crippen molar-refractivity contribution in [1.82, 2.24) is 20.1 Å². The number of aromatic nitrogens is 3. The highest BCUT2D eigenvalue weighted by molar-refractivity contribution is 7.99. The van der Waals surface area contributed by atoms with Crippen LogP contribution in [0.15, 0.2) is 14.7 Å². The Hall–Kier alpha value is -1.59. The van der Waals surface area contributed by atoms with Gasteiger partial charge in [0.2, 0.25) is 0 Å². The topological polar surface area (TPSA) is 104 Å². The summed E-state index contributed by atoms with van der Waals surface area (Å²) in [4.78, 5) is 26.3. The minimum Gasteiger partial charge on any atom is -0.302 e.